The van der Waals surface area contributed by atoms with E-state index in [0.717, 1.165) is 23.3 Å². The summed E-state index contributed by atoms with van der Waals surface area (Å²) in [6.07, 6.45) is -0.123. The molecule has 0 aliphatic carbocycles. The van der Waals surface area contributed by atoms with Gasteiger partial charge in [-0.1, -0.05) is 84.9 Å². The fourth-order valence-corrected chi connectivity index (χ4v) is 4.45. The number of ketones is 1. The van der Waals surface area contributed by atoms with Crippen LogP contribution in [0.2, 0.25) is 0 Å². The van der Waals surface area contributed by atoms with Crippen molar-refractivity contribution >= 4 is 23.5 Å². The number of nitrogens with one attached hydrogen (secondary N) is 3. The molecule has 0 radical (unpaired) electrons. The van der Waals surface area contributed by atoms with Crippen LogP contribution in [0.4, 0.5) is 8.78 Å². The molecule has 0 spiro atoms. The van der Waals surface area contributed by atoms with Crippen molar-refractivity contribution in [3.05, 3.63) is 143 Å². The first kappa shape index (κ1) is 30.8. The van der Waals surface area contributed by atoms with E-state index < -0.39 is 41.4 Å². The molecule has 0 bridgehead atoms. The minimum absolute atomic E-state index is 0.105. The molecule has 7 nitrogen and oxygen atoms in total. The highest BCUT2D eigenvalue weighted by atomic mass is 19.1. The van der Waals surface area contributed by atoms with Crippen LogP contribution in [-0.4, -0.2) is 35.6 Å². The Labute approximate surface area is 248 Å². The lowest BCUT2D eigenvalue weighted by Crippen LogP contribution is -2.53. The molecule has 0 unspecified atom stereocenters. The zero-order valence-electron chi connectivity index (χ0n) is 23.5. The average Bonchev–Trinajstić information content (AvgIpc) is 2.99. The Balaban J connectivity index is 1.36. The second-order valence-electron chi connectivity index (χ2n) is 10.1. The zero-order chi connectivity index (χ0) is 30.8. The van der Waals surface area contributed by atoms with Crippen molar-refractivity contribution in [2.45, 2.75) is 38.4 Å². The Morgan fingerprint density at radius 3 is 1.86 bits per heavy atom. The average molecular weight is 584 g/mol. The summed E-state index contributed by atoms with van der Waals surface area (Å²) in [7, 11) is 0. The lowest BCUT2D eigenvalue weighted by Gasteiger charge is -2.21. The van der Waals surface area contributed by atoms with Crippen molar-refractivity contribution < 1.29 is 28.0 Å². The van der Waals surface area contributed by atoms with E-state index in [-0.39, 0.29) is 30.7 Å². The van der Waals surface area contributed by atoms with E-state index in [1.54, 1.807) is 48.5 Å². The summed E-state index contributed by atoms with van der Waals surface area (Å²) >= 11 is 0. The molecule has 2 atom stereocenters. The van der Waals surface area contributed by atoms with Crippen LogP contribution >= 0.6 is 0 Å². The Kier molecular flexibility index (Phi) is 10.5. The van der Waals surface area contributed by atoms with Crippen LogP contribution in [0.15, 0.2) is 103 Å². The SMILES string of the molecule is C[C@H](NC(=O)Cc1cc(F)cc(F)c1)C(=O)N[C@@H](Cc1ccccc1)C(=O)NCc1ccc(C(=O)c2ccccc2)cc1. The van der Waals surface area contributed by atoms with E-state index in [1.165, 1.54) is 6.92 Å². The van der Waals surface area contributed by atoms with E-state index in [4.69, 9.17) is 0 Å². The van der Waals surface area contributed by atoms with Crippen LogP contribution in [-0.2, 0) is 33.8 Å². The monoisotopic (exact) mass is 583 g/mol. The molecule has 3 amide bonds. The number of hydrogen-bond acceptors (Lipinski definition) is 4. The van der Waals surface area contributed by atoms with Gasteiger partial charge in [-0.2, -0.15) is 0 Å². The topological polar surface area (TPSA) is 104 Å². The lowest BCUT2D eigenvalue weighted by molar-refractivity contribution is -0.131. The van der Waals surface area contributed by atoms with Gasteiger partial charge in [-0.25, -0.2) is 8.78 Å². The summed E-state index contributed by atoms with van der Waals surface area (Å²) in [5.74, 6) is -3.36. The van der Waals surface area contributed by atoms with Crippen LogP contribution in [0.5, 0.6) is 0 Å². The molecule has 0 heterocycles. The van der Waals surface area contributed by atoms with Crippen LogP contribution in [0, 0.1) is 11.6 Å². The Bertz CT molecular complexity index is 1560. The first-order valence-corrected chi connectivity index (χ1v) is 13.7. The molecular weight excluding hydrogens is 552 g/mol. The van der Waals surface area contributed by atoms with E-state index in [2.05, 4.69) is 16.0 Å². The van der Waals surface area contributed by atoms with E-state index in [0.29, 0.717) is 17.2 Å². The summed E-state index contributed by atoms with van der Waals surface area (Å²) in [5.41, 5.74) is 2.81. The van der Waals surface area contributed by atoms with Gasteiger partial charge in [0, 0.05) is 30.2 Å². The third kappa shape index (κ3) is 9.16. The lowest BCUT2D eigenvalue weighted by atomic mass is 10.0. The van der Waals surface area contributed by atoms with E-state index in [9.17, 15) is 28.0 Å². The van der Waals surface area contributed by atoms with Crippen molar-refractivity contribution in [1.29, 1.82) is 0 Å². The standard InChI is InChI=1S/C34H31F2N3O4/c1-22(38-31(40)19-25-16-28(35)20-29(36)17-25)33(42)39-30(18-23-8-4-2-5-9-23)34(43)37-21-24-12-14-27(15-13-24)32(41)26-10-6-3-7-11-26/h2-17,20,22,30H,18-19,21H2,1H3,(H,37,43)(H,38,40)(H,39,42)/t22-,30-/m0/s1. The van der Waals surface area contributed by atoms with Gasteiger partial charge in [-0.15, -0.1) is 0 Å². The van der Waals surface area contributed by atoms with Gasteiger partial charge >= 0.3 is 0 Å². The van der Waals surface area contributed by atoms with Gasteiger partial charge in [0.2, 0.25) is 17.7 Å². The Morgan fingerprint density at radius 2 is 1.23 bits per heavy atom. The Hall–Kier alpha value is -5.18. The van der Waals surface area contributed by atoms with Gasteiger partial charge in [-0.3, -0.25) is 19.2 Å². The maximum absolute atomic E-state index is 13.5. The number of halogens is 2. The van der Waals surface area contributed by atoms with Crippen LogP contribution in [0.1, 0.15) is 39.5 Å². The molecule has 4 aromatic carbocycles. The summed E-state index contributed by atoms with van der Waals surface area (Å²) in [6, 6.07) is 25.8. The van der Waals surface area contributed by atoms with E-state index in [1.807, 2.05) is 36.4 Å². The van der Waals surface area contributed by atoms with Crippen LogP contribution < -0.4 is 16.0 Å². The third-order valence-electron chi connectivity index (χ3n) is 6.69. The van der Waals surface area contributed by atoms with Gasteiger partial charge in [0.05, 0.1) is 6.42 Å². The molecule has 220 valence electrons. The minimum atomic E-state index is -1.02. The summed E-state index contributed by atoms with van der Waals surface area (Å²) < 4.78 is 26.9. The number of benzene rings is 4. The van der Waals surface area contributed by atoms with Crippen LogP contribution in [0.3, 0.4) is 0 Å². The molecule has 0 fully saturated rings. The highest BCUT2D eigenvalue weighted by Crippen LogP contribution is 2.12. The molecule has 0 aliphatic heterocycles. The highest BCUT2D eigenvalue weighted by Gasteiger charge is 2.25. The number of amides is 3. The minimum Gasteiger partial charge on any atom is -0.350 e. The molecule has 0 aromatic heterocycles. The second-order valence-corrected chi connectivity index (χ2v) is 10.1. The number of rotatable bonds is 12. The van der Waals surface area contributed by atoms with Gasteiger partial charge in [0.15, 0.2) is 5.78 Å². The summed E-state index contributed by atoms with van der Waals surface area (Å²) in [6.45, 7) is 1.62. The maximum atomic E-state index is 13.5. The van der Waals surface area contributed by atoms with Crippen molar-refractivity contribution in [1.82, 2.24) is 16.0 Å². The van der Waals surface area contributed by atoms with Gasteiger partial charge < -0.3 is 16.0 Å². The maximum Gasteiger partial charge on any atom is 0.243 e. The van der Waals surface area contributed by atoms with Gasteiger partial charge in [0.25, 0.3) is 0 Å². The van der Waals surface area contributed by atoms with E-state index >= 15 is 0 Å². The van der Waals surface area contributed by atoms with Crippen molar-refractivity contribution in [2.24, 2.45) is 0 Å². The molecule has 0 saturated heterocycles. The fraction of sp³-hybridized carbons (Fsp3) is 0.176. The second kappa shape index (κ2) is 14.6. The molecule has 0 aliphatic rings. The first-order valence-electron chi connectivity index (χ1n) is 13.7. The normalized spacial score (nSPS) is 12.1. The molecule has 43 heavy (non-hydrogen) atoms. The smallest absolute Gasteiger partial charge is 0.243 e. The molecular formula is C34H31F2N3O4. The van der Waals surface area contributed by atoms with Crippen molar-refractivity contribution in [3.8, 4) is 0 Å². The zero-order valence-corrected chi connectivity index (χ0v) is 23.5. The van der Waals surface area contributed by atoms with Crippen molar-refractivity contribution in [2.75, 3.05) is 0 Å². The molecule has 9 heteroatoms. The first-order chi connectivity index (χ1) is 20.7. The molecule has 4 aromatic rings. The molecule has 4 rings (SSSR count). The number of carbonyl (C=O) groups excluding carboxylic acids is 4. The summed E-state index contributed by atoms with van der Waals surface area (Å²) in [5, 5.41) is 8.04. The number of carbonyl (C=O) groups is 4. The summed E-state index contributed by atoms with van der Waals surface area (Å²) in [4.78, 5) is 51.3. The molecule has 0 saturated carbocycles. The highest BCUT2D eigenvalue weighted by molar-refractivity contribution is 6.08. The largest absolute Gasteiger partial charge is 0.350 e. The fourth-order valence-electron chi connectivity index (χ4n) is 4.45. The quantitative estimate of drug-likeness (QED) is 0.217. The predicted octanol–water partition coefficient (Wildman–Crippen LogP) is 4.29. The van der Waals surface area contributed by atoms with Crippen LogP contribution in [0.25, 0.3) is 0 Å². The van der Waals surface area contributed by atoms with Gasteiger partial charge in [-0.05, 0) is 35.7 Å². The van der Waals surface area contributed by atoms with Crippen molar-refractivity contribution in [3.63, 3.8) is 0 Å². The van der Waals surface area contributed by atoms with Gasteiger partial charge in [0.1, 0.15) is 23.7 Å². The number of hydrogen-bond donors (Lipinski definition) is 3. The predicted molar refractivity (Wildman–Crippen MR) is 158 cm³/mol. The third-order valence-corrected chi connectivity index (χ3v) is 6.69. The molecule has 3 N–H and O–H groups in total. The Morgan fingerprint density at radius 1 is 0.651 bits per heavy atom.